The van der Waals surface area contributed by atoms with Crippen molar-refractivity contribution < 1.29 is 8.42 Å². The van der Waals surface area contributed by atoms with Gasteiger partial charge in [-0.3, -0.25) is 0 Å². The van der Waals surface area contributed by atoms with Gasteiger partial charge in [-0.2, -0.15) is 4.31 Å². The highest BCUT2D eigenvalue weighted by Gasteiger charge is 2.30. The molecule has 0 saturated carbocycles. The second kappa shape index (κ2) is 5.77. The van der Waals surface area contributed by atoms with Gasteiger partial charge in [0.25, 0.3) is 0 Å². The number of likely N-dealkylation sites (N-methyl/N-ethyl adjacent to an activating group) is 1. The molecule has 110 valence electrons. The van der Waals surface area contributed by atoms with Crippen LogP contribution in [0.1, 0.15) is 12.5 Å². The number of benzene rings is 1. The summed E-state index contributed by atoms with van der Waals surface area (Å²) in [5.41, 5.74) is 6.13. The Hall–Kier alpha value is -1.02. The molecule has 2 rings (SSSR count). The molecule has 0 aliphatic carbocycles. The summed E-state index contributed by atoms with van der Waals surface area (Å²) in [5, 5.41) is 0. The number of piperazine rings is 1. The van der Waals surface area contributed by atoms with E-state index in [1.54, 1.807) is 24.3 Å². The van der Waals surface area contributed by atoms with Crippen LogP contribution >= 0.6 is 12.2 Å². The first-order valence-corrected chi connectivity index (χ1v) is 8.27. The summed E-state index contributed by atoms with van der Waals surface area (Å²) in [5.74, 6) is 0. The molecule has 20 heavy (non-hydrogen) atoms. The molecule has 2 N–H and O–H groups in total. The van der Waals surface area contributed by atoms with E-state index < -0.39 is 10.0 Å². The van der Waals surface area contributed by atoms with Crippen molar-refractivity contribution in [2.24, 2.45) is 5.73 Å². The molecule has 1 atom stereocenters. The lowest BCUT2D eigenvalue weighted by Crippen LogP contribution is -2.51. The molecule has 1 heterocycles. The summed E-state index contributed by atoms with van der Waals surface area (Å²) in [6.07, 6.45) is 0. The maximum Gasteiger partial charge on any atom is 0.243 e. The summed E-state index contributed by atoms with van der Waals surface area (Å²) in [7, 11) is -1.48. The minimum atomic E-state index is -3.48. The van der Waals surface area contributed by atoms with Crippen LogP contribution in [-0.2, 0) is 10.0 Å². The molecule has 7 heteroatoms. The lowest BCUT2D eigenvalue weighted by Gasteiger charge is -2.36. The number of nitrogens with two attached hydrogens (primary N) is 1. The van der Waals surface area contributed by atoms with Gasteiger partial charge in [0.2, 0.25) is 10.0 Å². The molecule has 1 fully saturated rings. The largest absolute Gasteiger partial charge is 0.389 e. The van der Waals surface area contributed by atoms with Gasteiger partial charge >= 0.3 is 0 Å². The van der Waals surface area contributed by atoms with Crippen LogP contribution in [0.3, 0.4) is 0 Å². The van der Waals surface area contributed by atoms with E-state index in [9.17, 15) is 8.42 Å². The Morgan fingerprint density at radius 2 is 2.10 bits per heavy atom. The summed E-state index contributed by atoms with van der Waals surface area (Å²) in [4.78, 5) is 2.60. The molecule has 1 aliphatic heterocycles. The van der Waals surface area contributed by atoms with Gasteiger partial charge in [-0.05, 0) is 26.1 Å². The smallest absolute Gasteiger partial charge is 0.243 e. The van der Waals surface area contributed by atoms with E-state index in [-0.39, 0.29) is 15.9 Å². The number of hydrogen-bond acceptors (Lipinski definition) is 4. The molecule has 0 aromatic heterocycles. The number of rotatable bonds is 3. The Labute approximate surface area is 125 Å². The maximum atomic E-state index is 12.6. The van der Waals surface area contributed by atoms with Crippen molar-refractivity contribution in [3.63, 3.8) is 0 Å². The maximum absolute atomic E-state index is 12.6. The third-order valence-corrected chi connectivity index (χ3v) is 5.78. The zero-order valence-corrected chi connectivity index (χ0v) is 13.2. The van der Waals surface area contributed by atoms with Gasteiger partial charge in [0, 0.05) is 31.2 Å². The fourth-order valence-corrected chi connectivity index (χ4v) is 3.88. The summed E-state index contributed by atoms with van der Waals surface area (Å²) in [6, 6.07) is 6.72. The highest BCUT2D eigenvalue weighted by Crippen LogP contribution is 2.20. The molecule has 1 aromatic carbocycles. The van der Waals surface area contributed by atoms with Gasteiger partial charge in [0.05, 0.1) is 4.90 Å². The normalized spacial score (nSPS) is 21.8. The summed E-state index contributed by atoms with van der Waals surface area (Å²) >= 11 is 4.90. The minimum absolute atomic E-state index is 0.203. The van der Waals surface area contributed by atoms with Crippen LogP contribution in [0.15, 0.2) is 29.2 Å². The summed E-state index contributed by atoms with van der Waals surface area (Å²) in [6.45, 7) is 3.75. The zero-order valence-electron chi connectivity index (χ0n) is 11.6. The van der Waals surface area contributed by atoms with Crippen LogP contribution in [0, 0.1) is 0 Å². The predicted octanol–water partition coefficient (Wildman–Crippen LogP) is 0.645. The van der Waals surface area contributed by atoms with Crippen LogP contribution in [0.4, 0.5) is 0 Å². The van der Waals surface area contributed by atoms with E-state index in [0.717, 1.165) is 6.54 Å². The Morgan fingerprint density at radius 3 is 2.70 bits per heavy atom. The SMILES string of the molecule is CC1CN(S(=O)(=O)c2cccc(C(N)=S)c2)CCN1C. The molecular weight excluding hydrogens is 294 g/mol. The molecular formula is C13H19N3O2S2. The monoisotopic (exact) mass is 313 g/mol. The second-order valence-electron chi connectivity index (χ2n) is 5.08. The van der Waals surface area contributed by atoms with Crippen molar-refractivity contribution in [2.45, 2.75) is 17.9 Å². The average molecular weight is 313 g/mol. The standard InChI is InChI=1S/C13H19N3O2S2/c1-10-9-16(7-6-15(10)2)20(17,18)12-5-3-4-11(8-12)13(14)19/h3-5,8,10H,6-7,9H2,1-2H3,(H2,14,19). The van der Waals surface area contributed by atoms with Crippen LogP contribution in [-0.4, -0.2) is 55.3 Å². The Balaban J connectivity index is 2.31. The van der Waals surface area contributed by atoms with E-state index >= 15 is 0 Å². The minimum Gasteiger partial charge on any atom is -0.389 e. The summed E-state index contributed by atoms with van der Waals surface area (Å²) < 4.78 is 26.8. The van der Waals surface area contributed by atoms with Crippen molar-refractivity contribution in [1.29, 1.82) is 0 Å². The Bertz CT molecular complexity index is 616. The number of nitrogens with zero attached hydrogens (tertiary/aromatic N) is 2. The van der Waals surface area contributed by atoms with Crippen molar-refractivity contribution in [2.75, 3.05) is 26.7 Å². The lowest BCUT2D eigenvalue weighted by atomic mass is 10.2. The van der Waals surface area contributed by atoms with Crippen molar-refractivity contribution in [3.05, 3.63) is 29.8 Å². The molecule has 1 unspecified atom stereocenters. The number of thiocarbonyl (C=S) groups is 1. The first-order valence-electron chi connectivity index (χ1n) is 6.42. The van der Waals surface area contributed by atoms with Gasteiger partial charge in [0.15, 0.2) is 0 Å². The molecule has 1 saturated heterocycles. The first-order chi connectivity index (χ1) is 9.32. The highest BCUT2D eigenvalue weighted by molar-refractivity contribution is 7.89. The van der Waals surface area contributed by atoms with E-state index in [1.165, 1.54) is 4.31 Å². The third-order valence-electron chi connectivity index (χ3n) is 3.68. The van der Waals surface area contributed by atoms with Gasteiger partial charge in [-0.15, -0.1) is 0 Å². The molecule has 1 aromatic rings. The average Bonchev–Trinajstić information content (AvgIpc) is 2.42. The van der Waals surface area contributed by atoms with Crippen LogP contribution < -0.4 is 5.73 Å². The van der Waals surface area contributed by atoms with Gasteiger partial charge in [-0.25, -0.2) is 8.42 Å². The van der Waals surface area contributed by atoms with Gasteiger partial charge < -0.3 is 10.6 Å². The predicted molar refractivity (Wildman–Crippen MR) is 83.2 cm³/mol. The van der Waals surface area contributed by atoms with Crippen LogP contribution in [0.25, 0.3) is 0 Å². The zero-order chi connectivity index (χ0) is 14.9. The lowest BCUT2D eigenvalue weighted by molar-refractivity contribution is 0.159. The topological polar surface area (TPSA) is 66.6 Å². The fourth-order valence-electron chi connectivity index (χ4n) is 2.19. The first kappa shape index (κ1) is 15.4. The van der Waals surface area contributed by atoms with Crippen molar-refractivity contribution in [3.8, 4) is 0 Å². The molecule has 5 nitrogen and oxygen atoms in total. The van der Waals surface area contributed by atoms with Crippen LogP contribution in [0.5, 0.6) is 0 Å². The third kappa shape index (κ3) is 3.01. The van der Waals surface area contributed by atoms with Gasteiger partial charge in [0.1, 0.15) is 4.99 Å². The second-order valence-corrected chi connectivity index (χ2v) is 7.46. The molecule has 0 radical (unpaired) electrons. The van der Waals surface area contributed by atoms with E-state index in [2.05, 4.69) is 4.90 Å². The Kier molecular flexibility index (Phi) is 4.43. The molecule has 0 bridgehead atoms. The quantitative estimate of drug-likeness (QED) is 0.830. The van der Waals surface area contributed by atoms with Crippen molar-refractivity contribution >= 4 is 27.2 Å². The molecule has 0 amide bonds. The number of sulfonamides is 1. The van der Waals surface area contributed by atoms with E-state index in [1.807, 2.05) is 14.0 Å². The van der Waals surface area contributed by atoms with Crippen LogP contribution in [0.2, 0.25) is 0 Å². The number of hydrogen-bond donors (Lipinski definition) is 1. The molecule has 0 spiro atoms. The van der Waals surface area contributed by atoms with Crippen molar-refractivity contribution in [1.82, 2.24) is 9.21 Å². The van der Waals surface area contributed by atoms with Gasteiger partial charge in [-0.1, -0.05) is 24.4 Å². The Morgan fingerprint density at radius 1 is 1.40 bits per heavy atom. The van der Waals surface area contributed by atoms with E-state index in [4.69, 9.17) is 18.0 Å². The van der Waals surface area contributed by atoms with E-state index in [0.29, 0.717) is 18.7 Å². The molecule has 1 aliphatic rings. The fraction of sp³-hybridized carbons (Fsp3) is 0.462. The highest BCUT2D eigenvalue weighted by atomic mass is 32.2.